The highest BCUT2D eigenvalue weighted by Gasteiger charge is 2.36. The summed E-state index contributed by atoms with van der Waals surface area (Å²) in [4.78, 5) is 0. The van der Waals surface area contributed by atoms with Crippen molar-refractivity contribution in [3.8, 4) is 5.75 Å². The van der Waals surface area contributed by atoms with E-state index in [1.165, 1.54) is 10.8 Å². The maximum Gasteiger partial charge on any atom is 0.118 e. The van der Waals surface area contributed by atoms with E-state index in [1.807, 2.05) is 66.7 Å². The van der Waals surface area contributed by atoms with Gasteiger partial charge in [-0.2, -0.15) is 0 Å². The monoisotopic (exact) mass is 503 g/mol. The number of benzene rings is 5. The third-order valence-corrected chi connectivity index (χ3v) is 6.99. The van der Waals surface area contributed by atoms with Gasteiger partial charge in [-0.15, -0.1) is 0 Å². The first kappa shape index (κ1) is 25.7. The molecule has 0 aliphatic rings. The van der Waals surface area contributed by atoms with Gasteiger partial charge in [-0.05, 0) is 45.2 Å². The number of ether oxygens (including phenoxy) is 2. The van der Waals surface area contributed by atoms with E-state index < -0.39 is 11.6 Å². The van der Waals surface area contributed by atoms with Gasteiger partial charge in [-0.3, -0.25) is 5.32 Å². The molecule has 0 unspecified atom stereocenters. The van der Waals surface area contributed by atoms with Gasteiger partial charge in [0.1, 0.15) is 5.75 Å². The average molecular weight is 504 g/mol. The number of aliphatic hydroxyl groups is 1. The second-order valence-electron chi connectivity index (χ2n) is 9.40. The first-order valence-corrected chi connectivity index (χ1v) is 12.9. The Morgan fingerprint density at radius 2 is 1.26 bits per heavy atom. The predicted molar refractivity (Wildman–Crippen MR) is 153 cm³/mol. The minimum atomic E-state index is -0.699. The standard InChI is InChI=1S/C34H33NO3/c1-37-32-21-19-30(20-22-32)34(28-14-4-2-5-15-28,29-16-6-3-7-17-29)35-23-31(36)25-38-24-27-13-10-12-26-11-8-9-18-33(26)27/h2-22,31,35-36H,23-25H2,1H3/t31-/m0/s1. The van der Waals surface area contributed by atoms with Gasteiger partial charge in [-0.1, -0.05) is 115 Å². The van der Waals surface area contributed by atoms with Crippen LogP contribution < -0.4 is 10.1 Å². The molecular formula is C34H33NO3. The summed E-state index contributed by atoms with van der Waals surface area (Å²) in [6.45, 7) is 1.00. The van der Waals surface area contributed by atoms with Crippen LogP contribution in [0.2, 0.25) is 0 Å². The van der Waals surface area contributed by atoms with Crippen molar-refractivity contribution in [3.05, 3.63) is 150 Å². The summed E-state index contributed by atoms with van der Waals surface area (Å²) in [5.74, 6) is 0.797. The Morgan fingerprint density at radius 3 is 1.92 bits per heavy atom. The smallest absolute Gasteiger partial charge is 0.118 e. The van der Waals surface area contributed by atoms with Crippen LogP contribution in [-0.2, 0) is 16.9 Å². The van der Waals surface area contributed by atoms with Crippen LogP contribution in [-0.4, -0.2) is 31.5 Å². The molecule has 0 amide bonds. The normalized spacial score (nSPS) is 12.4. The molecule has 5 aromatic rings. The lowest BCUT2D eigenvalue weighted by atomic mass is 9.77. The Kier molecular flexibility index (Phi) is 8.15. The van der Waals surface area contributed by atoms with Crippen LogP contribution in [0.15, 0.2) is 127 Å². The third kappa shape index (κ3) is 5.48. The van der Waals surface area contributed by atoms with Crippen LogP contribution in [0.5, 0.6) is 5.75 Å². The fourth-order valence-corrected chi connectivity index (χ4v) is 5.08. The molecule has 0 fully saturated rings. The molecule has 2 N–H and O–H groups in total. The van der Waals surface area contributed by atoms with E-state index in [2.05, 4.69) is 66.0 Å². The Balaban J connectivity index is 1.38. The Labute approximate surface area is 224 Å². The van der Waals surface area contributed by atoms with Crippen molar-refractivity contribution in [2.24, 2.45) is 0 Å². The maximum absolute atomic E-state index is 11.0. The minimum Gasteiger partial charge on any atom is -0.497 e. The first-order valence-electron chi connectivity index (χ1n) is 12.9. The largest absolute Gasteiger partial charge is 0.497 e. The summed E-state index contributed by atoms with van der Waals surface area (Å²) in [7, 11) is 1.67. The van der Waals surface area contributed by atoms with Crippen molar-refractivity contribution in [3.63, 3.8) is 0 Å². The van der Waals surface area contributed by atoms with E-state index in [0.717, 1.165) is 28.0 Å². The van der Waals surface area contributed by atoms with E-state index in [-0.39, 0.29) is 6.61 Å². The van der Waals surface area contributed by atoms with Gasteiger partial charge in [0.05, 0.1) is 32.0 Å². The first-order chi connectivity index (χ1) is 18.7. The van der Waals surface area contributed by atoms with Crippen molar-refractivity contribution in [1.29, 1.82) is 0 Å². The lowest BCUT2D eigenvalue weighted by Gasteiger charge is -2.38. The molecule has 0 heterocycles. The molecule has 0 saturated carbocycles. The van der Waals surface area contributed by atoms with E-state index in [1.54, 1.807) is 7.11 Å². The molecule has 5 rings (SSSR count). The van der Waals surface area contributed by atoms with Crippen LogP contribution in [0.25, 0.3) is 10.8 Å². The van der Waals surface area contributed by atoms with E-state index in [4.69, 9.17) is 9.47 Å². The number of nitrogens with one attached hydrogen (secondary N) is 1. The second-order valence-corrected chi connectivity index (χ2v) is 9.40. The van der Waals surface area contributed by atoms with Crippen molar-refractivity contribution >= 4 is 10.8 Å². The fraction of sp³-hybridized carbons (Fsp3) is 0.176. The molecule has 0 radical (unpaired) electrons. The number of fused-ring (bicyclic) bond motifs is 1. The Bertz CT molecular complexity index is 1390. The van der Waals surface area contributed by atoms with Gasteiger partial charge in [0, 0.05) is 6.54 Å². The number of aliphatic hydroxyl groups excluding tert-OH is 1. The van der Waals surface area contributed by atoms with Gasteiger partial charge in [0.25, 0.3) is 0 Å². The summed E-state index contributed by atoms with van der Waals surface area (Å²) in [6.07, 6.45) is -0.699. The van der Waals surface area contributed by atoms with Crippen LogP contribution in [0, 0.1) is 0 Å². The summed E-state index contributed by atoms with van der Waals surface area (Å²) in [5, 5.41) is 17.1. The molecule has 0 bridgehead atoms. The van der Waals surface area contributed by atoms with Crippen LogP contribution in [0.3, 0.4) is 0 Å². The summed E-state index contributed by atoms with van der Waals surface area (Å²) < 4.78 is 11.4. The molecule has 5 aromatic carbocycles. The zero-order valence-corrected chi connectivity index (χ0v) is 21.6. The molecule has 0 aliphatic carbocycles. The maximum atomic E-state index is 11.0. The predicted octanol–water partition coefficient (Wildman–Crippen LogP) is 6.31. The highest BCUT2D eigenvalue weighted by atomic mass is 16.5. The van der Waals surface area contributed by atoms with Crippen molar-refractivity contribution < 1.29 is 14.6 Å². The summed E-state index contributed by atoms with van der Waals surface area (Å²) >= 11 is 0. The zero-order chi connectivity index (χ0) is 26.2. The molecule has 4 heteroatoms. The molecule has 0 saturated heterocycles. The number of hydrogen-bond acceptors (Lipinski definition) is 4. The van der Waals surface area contributed by atoms with Crippen LogP contribution >= 0.6 is 0 Å². The molecule has 4 nitrogen and oxygen atoms in total. The van der Waals surface area contributed by atoms with Crippen molar-refractivity contribution in [2.75, 3.05) is 20.3 Å². The number of rotatable bonds is 11. The molecule has 1 atom stereocenters. The van der Waals surface area contributed by atoms with E-state index in [9.17, 15) is 5.11 Å². The van der Waals surface area contributed by atoms with Gasteiger partial charge >= 0.3 is 0 Å². The Morgan fingerprint density at radius 1 is 0.684 bits per heavy atom. The topological polar surface area (TPSA) is 50.7 Å². The van der Waals surface area contributed by atoms with Gasteiger partial charge in [0.2, 0.25) is 0 Å². The van der Waals surface area contributed by atoms with Crippen LogP contribution in [0.4, 0.5) is 0 Å². The molecule has 38 heavy (non-hydrogen) atoms. The number of methoxy groups -OCH3 is 1. The molecular weight excluding hydrogens is 470 g/mol. The zero-order valence-electron chi connectivity index (χ0n) is 21.6. The van der Waals surface area contributed by atoms with Crippen molar-refractivity contribution in [2.45, 2.75) is 18.2 Å². The molecule has 0 aromatic heterocycles. The lowest BCUT2D eigenvalue weighted by Crippen LogP contribution is -2.48. The molecule has 0 spiro atoms. The SMILES string of the molecule is COc1ccc(C(NC[C@H](O)COCc2cccc3ccccc23)(c2ccccc2)c2ccccc2)cc1. The van der Waals surface area contributed by atoms with Gasteiger partial charge in [0.15, 0.2) is 0 Å². The average Bonchev–Trinajstić information content (AvgIpc) is 2.99. The van der Waals surface area contributed by atoms with Gasteiger partial charge in [-0.25, -0.2) is 0 Å². The van der Waals surface area contributed by atoms with E-state index >= 15 is 0 Å². The minimum absolute atomic E-state index is 0.221. The van der Waals surface area contributed by atoms with Crippen molar-refractivity contribution in [1.82, 2.24) is 5.32 Å². The van der Waals surface area contributed by atoms with Gasteiger partial charge < -0.3 is 14.6 Å². The number of hydrogen-bond donors (Lipinski definition) is 2. The molecule has 0 aliphatic heterocycles. The second kappa shape index (κ2) is 12.1. The third-order valence-electron chi connectivity index (χ3n) is 6.99. The quantitative estimate of drug-likeness (QED) is 0.208. The molecule has 192 valence electrons. The van der Waals surface area contributed by atoms with Crippen LogP contribution in [0.1, 0.15) is 22.3 Å². The highest BCUT2D eigenvalue weighted by Crippen LogP contribution is 2.37. The fourth-order valence-electron chi connectivity index (χ4n) is 5.08. The lowest BCUT2D eigenvalue weighted by molar-refractivity contribution is 0.0270. The summed E-state index contributed by atoms with van der Waals surface area (Å²) in [5.41, 5.74) is 3.66. The highest BCUT2D eigenvalue weighted by molar-refractivity contribution is 5.85. The summed E-state index contributed by atoms with van der Waals surface area (Å²) in [6, 6.07) is 43.3. The Hall–Kier alpha value is -3.96. The van der Waals surface area contributed by atoms with E-state index in [0.29, 0.717) is 13.2 Å².